The molecule has 0 fully saturated rings. The van der Waals surface area contributed by atoms with Crippen LogP contribution in [0, 0.1) is 11.3 Å². The first kappa shape index (κ1) is 27.2. The molecule has 2 amide bonds. The molecule has 0 saturated carbocycles. The zero-order chi connectivity index (χ0) is 26.1. The molecule has 36 heavy (non-hydrogen) atoms. The predicted molar refractivity (Wildman–Crippen MR) is 141 cm³/mol. The molecule has 1 aliphatic heterocycles. The summed E-state index contributed by atoms with van der Waals surface area (Å²) < 4.78 is 6.00. The number of rotatable bonds is 11. The molecule has 0 aromatic heterocycles. The zero-order valence-corrected chi connectivity index (χ0v) is 21.9. The molecule has 3 rings (SSSR count). The van der Waals surface area contributed by atoms with Crippen LogP contribution in [-0.2, 0) is 16.0 Å². The Kier molecular flexibility index (Phi) is 9.89. The minimum Gasteiger partial charge on any atom is -0.457 e. The molecule has 1 atom stereocenters. The number of fused-ring (bicyclic) bond motifs is 1. The number of hydrogen-bond donors (Lipinski definition) is 1. The molecule has 0 saturated heterocycles. The van der Waals surface area contributed by atoms with Crippen molar-refractivity contribution in [3.63, 3.8) is 0 Å². The summed E-state index contributed by atoms with van der Waals surface area (Å²) in [6, 6.07) is 17.4. The summed E-state index contributed by atoms with van der Waals surface area (Å²) in [6.07, 6.45) is 1.72. The summed E-state index contributed by atoms with van der Waals surface area (Å²) in [5, 5.41) is 11.9. The first-order chi connectivity index (χ1) is 17.3. The zero-order valence-electron chi connectivity index (χ0n) is 21.9. The van der Waals surface area contributed by atoms with Crippen LogP contribution in [0.5, 0.6) is 11.5 Å². The fourth-order valence-electron chi connectivity index (χ4n) is 4.82. The number of ether oxygens (including phenoxy) is 1. The van der Waals surface area contributed by atoms with E-state index >= 15 is 0 Å². The average Bonchev–Trinajstić information content (AvgIpc) is 2.86. The molecule has 7 heteroatoms. The maximum atomic E-state index is 13.5. The summed E-state index contributed by atoms with van der Waals surface area (Å²) >= 11 is 0. The van der Waals surface area contributed by atoms with Gasteiger partial charge >= 0.3 is 0 Å². The number of nitrogens with zero attached hydrogens (tertiary/aromatic N) is 3. The second-order valence-corrected chi connectivity index (χ2v) is 9.74. The Morgan fingerprint density at radius 2 is 1.83 bits per heavy atom. The maximum Gasteiger partial charge on any atom is 0.247 e. The Morgan fingerprint density at radius 3 is 2.50 bits per heavy atom. The summed E-state index contributed by atoms with van der Waals surface area (Å²) in [7, 11) is 0. The van der Waals surface area contributed by atoms with E-state index in [9.17, 15) is 9.59 Å². The smallest absolute Gasteiger partial charge is 0.247 e. The molecule has 0 aliphatic carbocycles. The normalized spacial score (nSPS) is 15.1. The summed E-state index contributed by atoms with van der Waals surface area (Å²) in [4.78, 5) is 30.6. The highest BCUT2D eigenvalue weighted by molar-refractivity contribution is 5.89. The van der Waals surface area contributed by atoms with Gasteiger partial charge in [0.15, 0.2) is 0 Å². The van der Waals surface area contributed by atoms with Crippen molar-refractivity contribution in [1.82, 2.24) is 15.1 Å². The first-order valence-electron chi connectivity index (χ1n) is 12.9. The Labute approximate surface area is 215 Å². The van der Waals surface area contributed by atoms with E-state index in [1.165, 1.54) is 0 Å². The van der Waals surface area contributed by atoms with Gasteiger partial charge in [0.25, 0.3) is 0 Å². The molecule has 0 radical (unpaired) electrons. The number of nitrogens with one attached hydrogen (secondary N) is 1. The van der Waals surface area contributed by atoms with E-state index in [-0.39, 0.29) is 18.2 Å². The monoisotopic (exact) mass is 490 g/mol. The first-order valence-corrected chi connectivity index (χ1v) is 12.9. The van der Waals surface area contributed by atoms with Gasteiger partial charge in [-0.05, 0) is 75.9 Å². The predicted octanol–water partition coefficient (Wildman–Crippen LogP) is 4.83. The van der Waals surface area contributed by atoms with Crippen molar-refractivity contribution in [1.29, 1.82) is 5.26 Å². The number of para-hydroxylation sites is 1. The number of amides is 2. The molecule has 192 valence electrons. The van der Waals surface area contributed by atoms with Gasteiger partial charge in [-0.15, -0.1) is 0 Å². The SMILES string of the molecule is CC(C)N(CCNC(=O)C1c2ccc(Oc3ccccc3)cc2CCN1C(=O)CCCC#N)C(C)C. The third-order valence-corrected chi connectivity index (χ3v) is 6.57. The van der Waals surface area contributed by atoms with Crippen molar-refractivity contribution in [2.24, 2.45) is 0 Å². The Hall–Kier alpha value is -3.37. The number of carbonyl (C=O) groups is 2. The highest BCUT2D eigenvalue weighted by Gasteiger charge is 2.35. The molecule has 0 bridgehead atoms. The van der Waals surface area contributed by atoms with Gasteiger partial charge in [0.1, 0.15) is 17.5 Å². The summed E-state index contributed by atoms with van der Waals surface area (Å²) in [6.45, 7) is 10.3. The quantitative estimate of drug-likeness (QED) is 0.456. The molecule has 1 N–H and O–H groups in total. The van der Waals surface area contributed by atoms with Crippen LogP contribution in [0.2, 0.25) is 0 Å². The summed E-state index contributed by atoms with van der Waals surface area (Å²) in [5.41, 5.74) is 1.84. The van der Waals surface area contributed by atoms with Gasteiger partial charge in [0.2, 0.25) is 11.8 Å². The third kappa shape index (κ3) is 7.08. The topological polar surface area (TPSA) is 85.7 Å². The second-order valence-electron chi connectivity index (χ2n) is 9.74. The van der Waals surface area contributed by atoms with E-state index in [0.29, 0.717) is 50.2 Å². The lowest BCUT2D eigenvalue weighted by molar-refractivity contribution is -0.141. The molecular weight excluding hydrogens is 452 g/mol. The standard InChI is InChI=1S/C29H38N4O3/c1-21(2)32(22(3)4)19-17-31-29(35)28-26-14-13-25(36-24-10-6-5-7-11-24)20-23(26)15-18-33(28)27(34)12-8-9-16-30/h5-7,10-11,13-14,20-22,28H,8-9,12,15,17-19H2,1-4H3,(H,31,35). The number of unbranched alkanes of at least 4 members (excludes halogenated alkanes) is 1. The fourth-order valence-corrected chi connectivity index (χ4v) is 4.82. The van der Waals surface area contributed by atoms with Crippen molar-refractivity contribution in [3.05, 3.63) is 59.7 Å². The van der Waals surface area contributed by atoms with E-state index in [2.05, 4.69) is 44.0 Å². The van der Waals surface area contributed by atoms with Crippen molar-refractivity contribution in [2.45, 2.75) is 71.5 Å². The van der Waals surface area contributed by atoms with Crippen LogP contribution in [0.25, 0.3) is 0 Å². The highest BCUT2D eigenvalue weighted by Crippen LogP contribution is 2.34. The van der Waals surface area contributed by atoms with E-state index in [1.807, 2.05) is 48.5 Å². The minimum atomic E-state index is -0.694. The van der Waals surface area contributed by atoms with Crippen LogP contribution in [0.3, 0.4) is 0 Å². The molecular formula is C29H38N4O3. The van der Waals surface area contributed by atoms with Crippen molar-refractivity contribution in [3.8, 4) is 17.6 Å². The van der Waals surface area contributed by atoms with Crippen molar-refractivity contribution < 1.29 is 14.3 Å². The van der Waals surface area contributed by atoms with Gasteiger partial charge in [-0.1, -0.05) is 24.3 Å². The van der Waals surface area contributed by atoms with Gasteiger partial charge < -0.3 is 15.0 Å². The van der Waals surface area contributed by atoms with Crippen LogP contribution in [0.1, 0.15) is 64.1 Å². The van der Waals surface area contributed by atoms with E-state index in [0.717, 1.165) is 23.4 Å². The van der Waals surface area contributed by atoms with E-state index in [1.54, 1.807) is 4.90 Å². The molecule has 1 heterocycles. The number of benzene rings is 2. The largest absolute Gasteiger partial charge is 0.457 e. The second kappa shape index (κ2) is 13.1. The lowest BCUT2D eigenvalue weighted by Crippen LogP contribution is -2.49. The van der Waals surface area contributed by atoms with Crippen LogP contribution in [0.4, 0.5) is 0 Å². The Morgan fingerprint density at radius 1 is 1.11 bits per heavy atom. The van der Waals surface area contributed by atoms with Crippen LogP contribution in [-0.4, -0.2) is 53.3 Å². The molecule has 1 unspecified atom stereocenters. The van der Waals surface area contributed by atoms with Crippen LogP contribution >= 0.6 is 0 Å². The maximum absolute atomic E-state index is 13.5. The summed E-state index contributed by atoms with van der Waals surface area (Å²) in [5.74, 6) is 1.19. The molecule has 1 aliphatic rings. The molecule has 7 nitrogen and oxygen atoms in total. The highest BCUT2D eigenvalue weighted by atomic mass is 16.5. The lowest BCUT2D eigenvalue weighted by Gasteiger charge is -2.37. The van der Waals surface area contributed by atoms with Gasteiger partial charge in [-0.25, -0.2) is 0 Å². The van der Waals surface area contributed by atoms with Gasteiger partial charge in [-0.3, -0.25) is 14.5 Å². The number of hydrogen-bond acceptors (Lipinski definition) is 5. The lowest BCUT2D eigenvalue weighted by atomic mass is 9.91. The molecule has 2 aromatic rings. The van der Waals surface area contributed by atoms with Gasteiger partial charge in [0.05, 0.1) is 6.07 Å². The van der Waals surface area contributed by atoms with E-state index in [4.69, 9.17) is 10.00 Å². The van der Waals surface area contributed by atoms with Crippen LogP contribution < -0.4 is 10.1 Å². The molecule has 0 spiro atoms. The Bertz CT molecular complexity index is 1050. The Balaban J connectivity index is 1.80. The van der Waals surface area contributed by atoms with Gasteiger partial charge in [-0.2, -0.15) is 5.26 Å². The fraction of sp³-hybridized carbons (Fsp3) is 0.483. The third-order valence-electron chi connectivity index (χ3n) is 6.57. The van der Waals surface area contributed by atoms with Gasteiger partial charge in [0, 0.05) is 44.6 Å². The number of nitriles is 1. The van der Waals surface area contributed by atoms with Crippen molar-refractivity contribution >= 4 is 11.8 Å². The molecule has 2 aromatic carbocycles. The minimum absolute atomic E-state index is 0.0911. The van der Waals surface area contributed by atoms with E-state index < -0.39 is 6.04 Å². The average molecular weight is 491 g/mol. The van der Waals surface area contributed by atoms with Crippen molar-refractivity contribution in [2.75, 3.05) is 19.6 Å². The van der Waals surface area contributed by atoms with Crippen LogP contribution in [0.15, 0.2) is 48.5 Å². The number of carbonyl (C=O) groups excluding carboxylic acids is 2.